The van der Waals surface area contributed by atoms with Crippen molar-refractivity contribution in [2.75, 3.05) is 0 Å². The third-order valence-corrected chi connectivity index (χ3v) is 1.92. The number of hydrogen-bond donors (Lipinski definition) is 0. The topological polar surface area (TPSA) is 17.1 Å². The Morgan fingerprint density at radius 2 is 1.92 bits per heavy atom. The summed E-state index contributed by atoms with van der Waals surface area (Å²) in [4.78, 5) is 11.1. The van der Waals surface area contributed by atoms with Gasteiger partial charge in [-0.05, 0) is 19.8 Å². The minimum absolute atomic E-state index is 0.263. The minimum atomic E-state index is 0.263. The molecule has 0 spiro atoms. The summed E-state index contributed by atoms with van der Waals surface area (Å²) < 4.78 is 0. The Bertz CT molecular complexity index is 211. The number of carbonyl (C=O) groups is 1. The Morgan fingerprint density at radius 3 is 2.25 bits per heavy atom. The van der Waals surface area contributed by atoms with Crippen LogP contribution in [0.1, 0.15) is 26.2 Å². The maximum Gasteiger partial charge on any atom is 0.162 e. The van der Waals surface area contributed by atoms with Crippen molar-refractivity contribution < 1.29 is 4.79 Å². The number of hydrogen-bond acceptors (Lipinski definition) is 1. The van der Waals surface area contributed by atoms with Crippen molar-refractivity contribution in [1.29, 1.82) is 0 Å². The summed E-state index contributed by atoms with van der Waals surface area (Å²) in [5.41, 5.74) is 2.05. The molecule has 0 aromatic rings. The fourth-order valence-electron chi connectivity index (χ4n) is 1.31. The SMILES string of the molecule is C=C.C=CC1=C(C)CCCC1=O. The highest BCUT2D eigenvalue weighted by molar-refractivity contribution is 5.99. The molecule has 12 heavy (non-hydrogen) atoms. The van der Waals surface area contributed by atoms with Gasteiger partial charge in [-0.1, -0.05) is 18.2 Å². The van der Waals surface area contributed by atoms with E-state index in [1.165, 1.54) is 5.57 Å². The predicted octanol–water partition coefficient (Wildman–Crippen LogP) is 3.04. The average molecular weight is 164 g/mol. The molecule has 0 saturated carbocycles. The molecule has 0 atom stereocenters. The van der Waals surface area contributed by atoms with E-state index in [0.29, 0.717) is 6.42 Å². The summed E-state index contributed by atoms with van der Waals surface area (Å²) in [6, 6.07) is 0. The average Bonchev–Trinajstić information content (AvgIpc) is 2.08. The first-order valence-corrected chi connectivity index (χ1v) is 4.11. The Hall–Kier alpha value is -1.11. The predicted molar refractivity (Wildman–Crippen MR) is 53.0 cm³/mol. The normalized spacial score (nSPS) is 16.6. The number of rotatable bonds is 1. The lowest BCUT2D eigenvalue weighted by Crippen LogP contribution is -2.07. The molecule has 0 aromatic carbocycles. The zero-order valence-corrected chi connectivity index (χ0v) is 7.73. The van der Waals surface area contributed by atoms with Crippen LogP contribution in [0.4, 0.5) is 0 Å². The van der Waals surface area contributed by atoms with Gasteiger partial charge < -0.3 is 0 Å². The van der Waals surface area contributed by atoms with E-state index in [1.807, 2.05) is 6.92 Å². The summed E-state index contributed by atoms with van der Waals surface area (Å²) in [6.07, 6.45) is 4.46. The molecule has 0 fully saturated rings. The molecule has 0 bridgehead atoms. The molecule has 1 aliphatic carbocycles. The Kier molecular flexibility index (Phi) is 5.02. The lowest BCUT2D eigenvalue weighted by Gasteiger charge is -2.12. The molecule has 66 valence electrons. The van der Waals surface area contributed by atoms with Gasteiger partial charge in [-0.25, -0.2) is 0 Å². The van der Waals surface area contributed by atoms with E-state index >= 15 is 0 Å². The molecule has 1 aliphatic rings. The Morgan fingerprint density at radius 1 is 1.33 bits per heavy atom. The zero-order valence-electron chi connectivity index (χ0n) is 7.73. The number of carbonyl (C=O) groups excluding carboxylic acids is 1. The number of allylic oxidation sites excluding steroid dienone is 3. The Labute approximate surface area is 74.5 Å². The molecule has 0 aliphatic heterocycles. The fraction of sp³-hybridized carbons (Fsp3) is 0.364. The van der Waals surface area contributed by atoms with Crippen LogP contribution in [-0.4, -0.2) is 5.78 Å². The zero-order chi connectivity index (χ0) is 9.56. The first-order chi connectivity index (χ1) is 5.75. The van der Waals surface area contributed by atoms with Gasteiger partial charge in [0.05, 0.1) is 0 Å². The second kappa shape index (κ2) is 5.53. The van der Waals surface area contributed by atoms with Crippen molar-refractivity contribution in [2.24, 2.45) is 0 Å². The van der Waals surface area contributed by atoms with E-state index in [1.54, 1.807) is 6.08 Å². The summed E-state index contributed by atoms with van der Waals surface area (Å²) in [6.45, 7) is 11.6. The molecular weight excluding hydrogens is 148 g/mol. The van der Waals surface area contributed by atoms with Crippen LogP contribution in [0.3, 0.4) is 0 Å². The van der Waals surface area contributed by atoms with Gasteiger partial charge in [0, 0.05) is 12.0 Å². The lowest BCUT2D eigenvalue weighted by molar-refractivity contribution is -0.115. The molecule has 0 radical (unpaired) electrons. The van der Waals surface area contributed by atoms with Crippen LogP contribution in [0.25, 0.3) is 0 Å². The van der Waals surface area contributed by atoms with Crippen LogP contribution in [-0.2, 0) is 4.79 Å². The number of ketones is 1. The van der Waals surface area contributed by atoms with Crippen LogP contribution in [0.15, 0.2) is 37.0 Å². The monoisotopic (exact) mass is 164 g/mol. The van der Waals surface area contributed by atoms with Crippen LogP contribution in [0.5, 0.6) is 0 Å². The van der Waals surface area contributed by atoms with E-state index in [-0.39, 0.29) is 5.78 Å². The van der Waals surface area contributed by atoms with Gasteiger partial charge in [0.1, 0.15) is 0 Å². The van der Waals surface area contributed by atoms with Gasteiger partial charge in [0.15, 0.2) is 5.78 Å². The van der Waals surface area contributed by atoms with Crippen molar-refractivity contribution in [1.82, 2.24) is 0 Å². The third-order valence-electron chi connectivity index (χ3n) is 1.92. The highest BCUT2D eigenvalue weighted by Gasteiger charge is 2.13. The van der Waals surface area contributed by atoms with Crippen molar-refractivity contribution in [3.05, 3.63) is 37.0 Å². The van der Waals surface area contributed by atoms with E-state index < -0.39 is 0 Å². The highest BCUT2D eigenvalue weighted by atomic mass is 16.1. The second-order valence-electron chi connectivity index (χ2n) is 2.67. The van der Waals surface area contributed by atoms with Crippen molar-refractivity contribution in [2.45, 2.75) is 26.2 Å². The maximum absolute atomic E-state index is 11.1. The van der Waals surface area contributed by atoms with Gasteiger partial charge in [0.2, 0.25) is 0 Å². The van der Waals surface area contributed by atoms with E-state index in [2.05, 4.69) is 19.7 Å². The quantitative estimate of drug-likeness (QED) is 0.544. The molecule has 0 amide bonds. The molecular formula is C11H16O. The van der Waals surface area contributed by atoms with Gasteiger partial charge >= 0.3 is 0 Å². The first-order valence-electron chi connectivity index (χ1n) is 4.11. The molecule has 0 unspecified atom stereocenters. The summed E-state index contributed by atoms with van der Waals surface area (Å²) in [5, 5.41) is 0. The van der Waals surface area contributed by atoms with E-state index in [4.69, 9.17) is 0 Å². The smallest absolute Gasteiger partial charge is 0.162 e. The molecule has 1 rings (SSSR count). The van der Waals surface area contributed by atoms with Gasteiger partial charge in [-0.15, -0.1) is 13.2 Å². The van der Waals surface area contributed by atoms with Crippen molar-refractivity contribution in [3.8, 4) is 0 Å². The molecule has 0 aromatic heterocycles. The van der Waals surface area contributed by atoms with Crippen LogP contribution < -0.4 is 0 Å². The number of Topliss-reactive ketones (excluding diaryl/α,β-unsaturated/α-hetero) is 1. The molecule has 1 heteroatoms. The van der Waals surface area contributed by atoms with E-state index in [9.17, 15) is 4.79 Å². The summed E-state index contributed by atoms with van der Waals surface area (Å²) in [7, 11) is 0. The lowest BCUT2D eigenvalue weighted by atomic mass is 9.92. The minimum Gasteiger partial charge on any atom is -0.294 e. The second-order valence-corrected chi connectivity index (χ2v) is 2.67. The third kappa shape index (κ3) is 2.50. The van der Waals surface area contributed by atoms with E-state index in [0.717, 1.165) is 18.4 Å². The van der Waals surface area contributed by atoms with Crippen LogP contribution in [0.2, 0.25) is 0 Å². The summed E-state index contributed by atoms with van der Waals surface area (Å²) >= 11 is 0. The first kappa shape index (κ1) is 10.9. The molecule has 0 N–H and O–H groups in total. The van der Waals surface area contributed by atoms with Gasteiger partial charge in [-0.3, -0.25) is 4.79 Å². The maximum atomic E-state index is 11.1. The van der Waals surface area contributed by atoms with Crippen molar-refractivity contribution in [3.63, 3.8) is 0 Å². The highest BCUT2D eigenvalue weighted by Crippen LogP contribution is 2.21. The fourth-order valence-corrected chi connectivity index (χ4v) is 1.31. The molecule has 1 nitrogen and oxygen atoms in total. The van der Waals surface area contributed by atoms with Crippen LogP contribution >= 0.6 is 0 Å². The Balaban J connectivity index is 0.000000561. The summed E-state index contributed by atoms with van der Waals surface area (Å²) in [5.74, 6) is 0.263. The van der Waals surface area contributed by atoms with Gasteiger partial charge in [-0.2, -0.15) is 0 Å². The van der Waals surface area contributed by atoms with Crippen molar-refractivity contribution >= 4 is 5.78 Å². The van der Waals surface area contributed by atoms with Gasteiger partial charge in [0.25, 0.3) is 0 Å². The largest absolute Gasteiger partial charge is 0.294 e. The molecule has 0 saturated heterocycles. The molecule has 0 heterocycles. The standard InChI is InChI=1S/C9H12O.C2H4/c1-3-8-7(2)5-4-6-9(8)10;1-2/h3H,1,4-6H2,2H3;1-2H2. The van der Waals surface area contributed by atoms with Crippen LogP contribution in [0, 0.1) is 0 Å².